The maximum Gasteiger partial charge on any atom is 0.140 e. The van der Waals surface area contributed by atoms with Crippen LogP contribution in [0.25, 0.3) is 109 Å². The van der Waals surface area contributed by atoms with E-state index in [1.807, 2.05) is 0 Å². The van der Waals surface area contributed by atoms with Gasteiger partial charge in [-0.15, -0.1) is 21.9 Å². The van der Waals surface area contributed by atoms with E-state index < -0.39 is 5.41 Å². The van der Waals surface area contributed by atoms with Gasteiger partial charge in [-0.1, -0.05) is 148 Å². The van der Waals surface area contributed by atoms with Crippen LogP contribution in [-0.2, 0) is 5.41 Å². The van der Waals surface area contributed by atoms with Crippen molar-refractivity contribution in [1.29, 1.82) is 0 Å². The van der Waals surface area contributed by atoms with Gasteiger partial charge in [0.1, 0.15) is 220 Å². The van der Waals surface area contributed by atoms with Crippen molar-refractivity contribution in [2.45, 2.75) is 28.5 Å². The molecule has 11 aromatic rings. The summed E-state index contributed by atoms with van der Waals surface area (Å²) in [5.41, 5.74) is 57.6. The van der Waals surface area contributed by atoms with Crippen molar-refractivity contribution >= 4 is 484 Å². The van der Waals surface area contributed by atoms with E-state index >= 15 is 0 Å². The topological polar surface area (TPSA) is 0 Å². The Morgan fingerprint density at radius 1 is 0.187 bits per heavy atom. The molecule has 0 saturated heterocycles. The first-order chi connectivity index (χ1) is 42.2. The highest BCUT2D eigenvalue weighted by Crippen LogP contribution is 2.63. The summed E-state index contributed by atoms with van der Waals surface area (Å²) in [4.78, 5) is 0. The van der Waals surface area contributed by atoms with Crippen LogP contribution >= 0.6 is 0 Å². The summed E-state index contributed by atoms with van der Waals surface area (Å²) in [5.74, 6) is 0.262. The molecule has 91 heavy (non-hydrogen) atoms. The van der Waals surface area contributed by atoms with Crippen molar-refractivity contribution in [3.8, 4) is 44.5 Å². The van der Waals surface area contributed by atoms with Gasteiger partial charge < -0.3 is 0 Å². The molecule has 1 unspecified atom stereocenters. The van der Waals surface area contributed by atoms with Crippen LogP contribution in [0.1, 0.15) is 35.1 Å². The molecule has 11 aromatic carbocycles. The van der Waals surface area contributed by atoms with Crippen LogP contribution in [0.4, 0.5) is 0 Å². The molecule has 0 N–H and O–H groups in total. The Balaban J connectivity index is 1.18. The highest BCUT2D eigenvalue weighted by atomic mass is 14.5. The lowest BCUT2D eigenvalue weighted by Crippen LogP contribution is -2.57. The van der Waals surface area contributed by atoms with E-state index in [1.165, 1.54) is 262 Å². The number of hydrogen-bond donors (Lipinski definition) is 0. The summed E-state index contributed by atoms with van der Waals surface area (Å²) in [7, 11) is 84.1. The number of hydrogen-bond acceptors (Lipinski definition) is 0. The maximum absolute atomic E-state index is 2.59. The first-order valence-electron chi connectivity index (χ1n) is 34.7. The summed E-state index contributed by atoms with van der Waals surface area (Å²) < 4.78 is 0. The molecule has 0 amide bonds. The zero-order valence-corrected chi connectivity index (χ0v) is 63.1. The van der Waals surface area contributed by atoms with Crippen molar-refractivity contribution in [1.82, 2.24) is 0 Å². The highest BCUT2D eigenvalue weighted by molar-refractivity contribution is 6.79. The summed E-state index contributed by atoms with van der Waals surface area (Å²) in [5, 5.41) is 17.2. The molecule has 0 spiro atoms. The molecule has 2 aliphatic carbocycles. The first-order valence-corrected chi connectivity index (χ1v) is 34.7. The lowest BCUT2D eigenvalue weighted by Gasteiger charge is -2.56. The predicted octanol–water partition coefficient (Wildman–Crippen LogP) is -39.0. The van der Waals surface area contributed by atoms with Gasteiger partial charge in [0, 0.05) is 5.92 Å². The Kier molecular flexibility index (Phi) is 14.7. The average Bonchev–Trinajstić information content (AvgIpc) is 1.59. The normalized spacial score (nSPS) is 14.4. The summed E-state index contributed by atoms with van der Waals surface area (Å²) in [6, 6.07) is 0. The monoisotopic (exact) mass is 1130 g/mol. The Morgan fingerprint density at radius 2 is 0.396 bits per heavy atom. The van der Waals surface area contributed by atoms with E-state index in [0.29, 0.717) is 0 Å². The van der Waals surface area contributed by atoms with Gasteiger partial charge in [0.05, 0.1) is 47.1 Å². The Bertz CT molecular complexity index is 5380. The number of rotatable bonds is 5. The van der Waals surface area contributed by atoms with Crippen molar-refractivity contribution in [2.24, 2.45) is 0 Å². The van der Waals surface area contributed by atoms with Gasteiger partial charge in [-0.3, -0.25) is 0 Å². The minimum atomic E-state index is -0.395. The third-order valence-corrected chi connectivity index (χ3v) is 27.4. The van der Waals surface area contributed by atoms with Crippen LogP contribution in [0, 0.1) is 0 Å². The molecule has 0 bridgehead atoms. The van der Waals surface area contributed by atoms with Crippen LogP contribution in [0.2, 0.25) is 10.2 Å². The molecule has 0 nitrogen and oxygen atoms in total. The molecule has 0 aromatic heterocycles. The van der Waals surface area contributed by atoms with Crippen LogP contribution in [0.3, 0.4) is 0 Å². The third-order valence-electron chi connectivity index (χ3n) is 27.4. The molecule has 34 heteroatoms. The van der Waals surface area contributed by atoms with Gasteiger partial charge in [0.15, 0.2) is 0 Å². The number of fused-ring (bicyclic) bond motifs is 4. The minimum absolute atomic E-state index is 0.204. The Hall–Kier alpha value is -4.55. The lowest BCUT2D eigenvalue weighted by atomic mass is 9.17. The molecule has 13 rings (SSSR count). The standard InChI is InChI=1S/C57H72B34/c1-2-3-5-6-4(2)29(60)51(82)48(79)19(6)43(74)42(73)18(5)39(70)30(61)9(3)23-27(58)25-16(37(68)46(23)77)17-26(55(25,56(86,87)88)57(89,90)91)28(59)24(47(78)38(17)69)15-14-13(35(66)53(84)54(85)36(14)67)12(32(63)34(15)65)11-10-7-8-21(41(72)31(10)62)49(80)52(83)50(81)22(8)45(76)44(75)20(7)40(71)33(11)64/h2H,58-91H2,1H3. The Morgan fingerprint density at radius 3 is 0.769 bits per heavy atom. The zero-order chi connectivity index (χ0) is 67.1. The molecule has 0 fully saturated rings. The molecule has 0 aliphatic heterocycles. The van der Waals surface area contributed by atoms with E-state index in [4.69, 9.17) is 0 Å². The van der Waals surface area contributed by atoms with Crippen molar-refractivity contribution in [3.05, 3.63) is 22.3 Å². The van der Waals surface area contributed by atoms with E-state index in [9.17, 15) is 0 Å². The summed E-state index contributed by atoms with van der Waals surface area (Å²) >= 11 is 0. The van der Waals surface area contributed by atoms with E-state index in [-0.39, 0.29) is 16.1 Å². The SMILES string of the molecule is Bc1c(B)c2c(c(B)c1-c1c(B)c(B)c3c(B)c(B)c4c(B)c(B)c(B)c5c4c3c1C5C)C(C(B)(B)B)(C(B)(B)B)c1c(B)c(-c3c(B)c(B)c(-c4c(B)c(B)c5c(B)c(B)c6c(B)c(B)c(B)c7c(B)c(B)c4c5c67)c4c(B)c(B)c(B)c(B)c34)c(B)c(B)c1-2. The highest BCUT2D eigenvalue weighted by Gasteiger charge is 2.59. The smallest absolute Gasteiger partial charge is 0.101 e. The molecule has 1 atom stereocenters. The van der Waals surface area contributed by atoms with E-state index in [1.54, 1.807) is 22.3 Å². The largest absolute Gasteiger partial charge is 0.140 e. The van der Waals surface area contributed by atoms with Gasteiger partial charge in [-0.05, 0) is 137 Å². The summed E-state index contributed by atoms with van der Waals surface area (Å²) in [6.45, 7) is 2.55. The van der Waals surface area contributed by atoms with Crippen molar-refractivity contribution < 1.29 is 0 Å². The summed E-state index contributed by atoms with van der Waals surface area (Å²) in [6.07, 6.45) is 0. The van der Waals surface area contributed by atoms with E-state index in [2.05, 4.69) is 274 Å². The van der Waals surface area contributed by atoms with Crippen molar-refractivity contribution in [2.75, 3.05) is 0 Å². The lowest BCUT2D eigenvalue weighted by molar-refractivity contribution is 0.540. The molecule has 0 radical (unpaired) electrons. The fraction of sp³-hybridized carbons (Fsp3) is 0.0877. The molecule has 0 saturated carbocycles. The molecule has 402 valence electrons. The van der Waals surface area contributed by atoms with Gasteiger partial charge in [0.25, 0.3) is 0 Å². The van der Waals surface area contributed by atoms with Crippen LogP contribution < -0.4 is 153 Å². The molecule has 0 heterocycles. The fourth-order valence-electron chi connectivity index (χ4n) is 21.7. The third kappa shape index (κ3) is 7.51. The van der Waals surface area contributed by atoms with Gasteiger partial charge in [-0.25, -0.2) is 0 Å². The average molecular weight is 1120 g/mol. The first kappa shape index (κ1) is 65.1. The van der Waals surface area contributed by atoms with Crippen LogP contribution in [0.15, 0.2) is 0 Å². The van der Waals surface area contributed by atoms with Gasteiger partial charge >= 0.3 is 0 Å². The molecular weight excluding hydrogens is 1050 g/mol. The minimum Gasteiger partial charge on any atom is -0.101 e. The quantitative estimate of drug-likeness (QED) is 0.119. The van der Waals surface area contributed by atoms with Crippen molar-refractivity contribution in [3.63, 3.8) is 0 Å². The zero-order valence-electron chi connectivity index (χ0n) is 63.1. The van der Waals surface area contributed by atoms with Gasteiger partial charge in [-0.2, -0.15) is 0 Å². The van der Waals surface area contributed by atoms with Gasteiger partial charge in [0.2, 0.25) is 0 Å². The molecule has 2 aliphatic rings. The second-order valence-corrected chi connectivity index (χ2v) is 32.5. The Labute approximate surface area is 575 Å². The second kappa shape index (κ2) is 20.5. The maximum atomic E-state index is 2.59. The predicted molar refractivity (Wildman–Crippen MR) is 518 cm³/mol. The fourth-order valence-corrected chi connectivity index (χ4v) is 21.7. The number of benzene rings is 11. The second-order valence-electron chi connectivity index (χ2n) is 32.5. The van der Waals surface area contributed by atoms with E-state index in [0.717, 1.165) is 0 Å². The van der Waals surface area contributed by atoms with Crippen LogP contribution in [-0.4, -0.2) is 267 Å². The molecular formula is C57H72B34. The van der Waals surface area contributed by atoms with Crippen LogP contribution in [0.5, 0.6) is 0 Å².